The van der Waals surface area contributed by atoms with E-state index in [0.29, 0.717) is 11.6 Å². The van der Waals surface area contributed by atoms with Crippen molar-refractivity contribution in [3.05, 3.63) is 10.6 Å². The summed E-state index contributed by atoms with van der Waals surface area (Å²) in [5, 5.41) is 14.5. The average molecular weight is 285 g/mol. The van der Waals surface area contributed by atoms with Gasteiger partial charge in [-0.15, -0.1) is 11.3 Å². The van der Waals surface area contributed by atoms with E-state index in [2.05, 4.69) is 15.6 Å². The van der Waals surface area contributed by atoms with Gasteiger partial charge in [-0.05, 0) is 26.2 Å². The topological polar surface area (TPSA) is 91.3 Å². The number of aryl methyl sites for hydroxylation is 2. The first-order valence-electron chi connectivity index (χ1n) is 6.04. The van der Waals surface area contributed by atoms with Gasteiger partial charge in [0, 0.05) is 4.88 Å². The van der Waals surface area contributed by atoms with E-state index in [1.54, 1.807) is 0 Å². The Morgan fingerprint density at radius 2 is 2.00 bits per heavy atom. The van der Waals surface area contributed by atoms with Crippen molar-refractivity contribution < 1.29 is 14.7 Å². The molecule has 0 aliphatic rings. The lowest BCUT2D eigenvalue weighted by molar-refractivity contribution is -0.139. The lowest BCUT2D eigenvalue weighted by atomic mass is 10.0. The molecule has 0 saturated carbocycles. The van der Waals surface area contributed by atoms with Crippen molar-refractivity contribution in [2.24, 2.45) is 5.92 Å². The van der Waals surface area contributed by atoms with Gasteiger partial charge in [0.25, 0.3) is 0 Å². The number of carbonyl (C=O) groups is 2. The highest BCUT2D eigenvalue weighted by atomic mass is 32.1. The van der Waals surface area contributed by atoms with E-state index in [0.717, 1.165) is 10.6 Å². The van der Waals surface area contributed by atoms with Gasteiger partial charge in [0.2, 0.25) is 0 Å². The van der Waals surface area contributed by atoms with Crippen LogP contribution in [-0.4, -0.2) is 28.1 Å². The summed E-state index contributed by atoms with van der Waals surface area (Å²) in [6.45, 7) is 7.58. The van der Waals surface area contributed by atoms with Gasteiger partial charge < -0.3 is 10.4 Å². The van der Waals surface area contributed by atoms with Crippen LogP contribution >= 0.6 is 11.3 Å². The van der Waals surface area contributed by atoms with Gasteiger partial charge in [0.05, 0.1) is 5.69 Å². The largest absolute Gasteiger partial charge is 0.480 e. The summed E-state index contributed by atoms with van der Waals surface area (Å²) in [5.74, 6) is -0.846. The lowest BCUT2D eigenvalue weighted by Crippen LogP contribution is -2.43. The van der Waals surface area contributed by atoms with Crippen molar-refractivity contribution in [2.75, 3.05) is 5.32 Å². The SMILES string of the molecule is Cc1nc(NC(=O)N[C@@H](CC(C)C)C(=O)O)sc1C. The molecule has 2 amide bonds. The summed E-state index contributed by atoms with van der Waals surface area (Å²) in [4.78, 5) is 27.9. The molecule has 0 saturated heterocycles. The van der Waals surface area contributed by atoms with Crippen LogP contribution in [0.3, 0.4) is 0 Å². The highest BCUT2D eigenvalue weighted by Crippen LogP contribution is 2.20. The van der Waals surface area contributed by atoms with Crippen molar-refractivity contribution >= 4 is 28.5 Å². The minimum Gasteiger partial charge on any atom is -0.480 e. The first-order chi connectivity index (χ1) is 8.79. The van der Waals surface area contributed by atoms with Gasteiger partial charge in [0.15, 0.2) is 5.13 Å². The summed E-state index contributed by atoms with van der Waals surface area (Å²) in [5.41, 5.74) is 0.859. The predicted octanol–water partition coefficient (Wildman–Crippen LogP) is 2.38. The Morgan fingerprint density at radius 1 is 1.37 bits per heavy atom. The molecular formula is C12H19N3O3S. The highest BCUT2D eigenvalue weighted by molar-refractivity contribution is 7.15. The Kier molecular flexibility index (Phi) is 5.29. The van der Waals surface area contributed by atoms with Crippen molar-refractivity contribution in [2.45, 2.75) is 40.2 Å². The molecule has 0 unspecified atom stereocenters. The average Bonchev–Trinajstić information content (AvgIpc) is 2.55. The summed E-state index contributed by atoms with van der Waals surface area (Å²) < 4.78 is 0. The molecule has 19 heavy (non-hydrogen) atoms. The maximum atomic E-state index is 11.7. The van der Waals surface area contributed by atoms with Gasteiger partial charge in [-0.3, -0.25) is 5.32 Å². The standard InChI is InChI=1S/C12H19N3O3S/c1-6(2)5-9(10(16)17)14-11(18)15-12-13-7(3)8(4)19-12/h6,9H,5H2,1-4H3,(H,16,17)(H2,13,14,15,18)/t9-/m0/s1. The second-order valence-electron chi connectivity index (χ2n) is 4.78. The molecule has 1 aromatic heterocycles. The molecule has 1 rings (SSSR count). The number of aliphatic carboxylic acids is 1. The summed E-state index contributed by atoms with van der Waals surface area (Å²) in [7, 11) is 0. The number of aromatic nitrogens is 1. The number of urea groups is 1. The molecule has 0 aliphatic carbocycles. The smallest absolute Gasteiger partial charge is 0.326 e. The fourth-order valence-electron chi connectivity index (χ4n) is 1.51. The third kappa shape index (κ3) is 4.86. The number of nitrogens with zero attached hydrogens (tertiary/aromatic N) is 1. The lowest BCUT2D eigenvalue weighted by Gasteiger charge is -2.16. The number of carboxylic acids is 1. The molecule has 0 aliphatic heterocycles. The van der Waals surface area contributed by atoms with E-state index in [4.69, 9.17) is 5.11 Å². The van der Waals surface area contributed by atoms with Gasteiger partial charge in [-0.2, -0.15) is 0 Å². The zero-order valence-corrected chi connectivity index (χ0v) is 12.3. The number of carbonyl (C=O) groups excluding carboxylic acids is 1. The van der Waals surface area contributed by atoms with E-state index >= 15 is 0 Å². The van der Waals surface area contributed by atoms with Crippen LogP contribution in [0.15, 0.2) is 0 Å². The van der Waals surface area contributed by atoms with Crippen LogP contribution < -0.4 is 10.6 Å². The van der Waals surface area contributed by atoms with E-state index in [1.807, 2.05) is 27.7 Å². The number of rotatable bonds is 5. The Morgan fingerprint density at radius 3 is 2.42 bits per heavy atom. The van der Waals surface area contributed by atoms with Crippen LogP contribution in [0, 0.1) is 19.8 Å². The van der Waals surface area contributed by atoms with Gasteiger partial charge in [0.1, 0.15) is 6.04 Å². The minimum absolute atomic E-state index is 0.186. The third-order valence-corrected chi connectivity index (χ3v) is 3.55. The Bertz CT molecular complexity index is 451. The molecule has 1 aromatic rings. The molecule has 7 heteroatoms. The van der Waals surface area contributed by atoms with Crippen LogP contribution in [0.1, 0.15) is 30.8 Å². The maximum Gasteiger partial charge on any atom is 0.326 e. The number of carboxylic acid groups (broad SMARTS) is 1. The zero-order valence-electron chi connectivity index (χ0n) is 11.5. The number of anilines is 1. The van der Waals surface area contributed by atoms with Crippen LogP contribution in [0.5, 0.6) is 0 Å². The Labute approximate surface area is 116 Å². The van der Waals surface area contributed by atoms with Gasteiger partial charge in [-0.1, -0.05) is 13.8 Å². The van der Waals surface area contributed by atoms with E-state index in [1.165, 1.54) is 11.3 Å². The molecule has 106 valence electrons. The molecule has 1 atom stereocenters. The van der Waals surface area contributed by atoms with Crippen LogP contribution in [-0.2, 0) is 4.79 Å². The van der Waals surface area contributed by atoms with Crippen LogP contribution in [0.25, 0.3) is 0 Å². The molecule has 0 aromatic carbocycles. The molecule has 0 radical (unpaired) electrons. The summed E-state index contributed by atoms with van der Waals surface area (Å²) in [6, 6.07) is -1.43. The maximum absolute atomic E-state index is 11.7. The van der Waals surface area contributed by atoms with Crippen molar-refractivity contribution in [1.82, 2.24) is 10.3 Å². The van der Waals surface area contributed by atoms with Crippen molar-refractivity contribution in [3.8, 4) is 0 Å². The molecular weight excluding hydrogens is 266 g/mol. The zero-order chi connectivity index (χ0) is 14.6. The Balaban J connectivity index is 2.60. The Hall–Kier alpha value is -1.63. The quantitative estimate of drug-likeness (QED) is 0.774. The van der Waals surface area contributed by atoms with Crippen LogP contribution in [0.4, 0.5) is 9.93 Å². The van der Waals surface area contributed by atoms with E-state index in [9.17, 15) is 9.59 Å². The fourth-order valence-corrected chi connectivity index (χ4v) is 2.32. The predicted molar refractivity (Wildman–Crippen MR) is 74.6 cm³/mol. The van der Waals surface area contributed by atoms with Crippen molar-refractivity contribution in [1.29, 1.82) is 0 Å². The second kappa shape index (κ2) is 6.51. The molecule has 0 fully saturated rings. The minimum atomic E-state index is -1.03. The van der Waals surface area contributed by atoms with E-state index < -0.39 is 18.0 Å². The normalized spacial score (nSPS) is 12.3. The van der Waals surface area contributed by atoms with Crippen LogP contribution in [0.2, 0.25) is 0 Å². The number of thiazole rings is 1. The summed E-state index contributed by atoms with van der Waals surface area (Å²) in [6.07, 6.45) is 0.388. The number of hydrogen-bond acceptors (Lipinski definition) is 4. The van der Waals surface area contributed by atoms with E-state index in [-0.39, 0.29) is 5.92 Å². The first kappa shape index (κ1) is 15.4. The van der Waals surface area contributed by atoms with Gasteiger partial charge in [-0.25, -0.2) is 14.6 Å². The number of nitrogens with one attached hydrogen (secondary N) is 2. The first-order valence-corrected chi connectivity index (χ1v) is 6.85. The fraction of sp³-hybridized carbons (Fsp3) is 0.583. The number of hydrogen-bond donors (Lipinski definition) is 3. The highest BCUT2D eigenvalue weighted by Gasteiger charge is 2.21. The molecule has 3 N–H and O–H groups in total. The third-order valence-electron chi connectivity index (χ3n) is 2.56. The van der Waals surface area contributed by atoms with Gasteiger partial charge >= 0.3 is 12.0 Å². The molecule has 0 spiro atoms. The van der Waals surface area contributed by atoms with Crippen molar-refractivity contribution in [3.63, 3.8) is 0 Å². The monoisotopic (exact) mass is 285 g/mol. The molecule has 6 nitrogen and oxygen atoms in total. The molecule has 0 bridgehead atoms. The summed E-state index contributed by atoms with van der Waals surface area (Å²) >= 11 is 1.36. The second-order valence-corrected chi connectivity index (χ2v) is 5.98. The number of amides is 2. The molecule has 1 heterocycles.